The average Bonchev–Trinajstić information content (AvgIpc) is 2.65. The van der Waals surface area contributed by atoms with E-state index in [0.29, 0.717) is 6.04 Å². The summed E-state index contributed by atoms with van der Waals surface area (Å²) >= 11 is 0. The molecule has 5 heteroatoms. The summed E-state index contributed by atoms with van der Waals surface area (Å²) < 4.78 is 7.71. The molecule has 0 nitrogen and oxygen atoms in total. The average molecular weight is 430 g/mol. The van der Waals surface area contributed by atoms with Gasteiger partial charge < -0.3 is 0 Å². The van der Waals surface area contributed by atoms with Crippen LogP contribution in [-0.4, -0.2) is 35.5 Å². The number of hydrogen-bond donors (Lipinski definition) is 0. The van der Waals surface area contributed by atoms with Gasteiger partial charge in [-0.25, -0.2) is 0 Å². The Bertz CT molecular complexity index is 825. The summed E-state index contributed by atoms with van der Waals surface area (Å²) in [7, 11) is -6.28. The molecule has 0 saturated carbocycles. The molecule has 0 bridgehead atoms. The van der Waals surface area contributed by atoms with Crippen molar-refractivity contribution in [3.63, 3.8) is 0 Å². The van der Waals surface area contributed by atoms with Crippen LogP contribution in [0.3, 0.4) is 0 Å². The van der Waals surface area contributed by atoms with Gasteiger partial charge >= 0.3 is 0 Å². The van der Waals surface area contributed by atoms with E-state index in [-0.39, 0.29) is 0 Å². The van der Waals surface area contributed by atoms with Crippen molar-refractivity contribution in [2.24, 2.45) is 0 Å². The van der Waals surface area contributed by atoms with Crippen LogP contribution in [0.15, 0.2) is 54.6 Å². The van der Waals surface area contributed by atoms with Gasteiger partial charge in [0.05, 0.1) is 8.48 Å². The second-order valence-corrected chi connectivity index (χ2v) is 69.8. The Morgan fingerprint density at radius 2 is 0.923 bits per heavy atom. The van der Waals surface area contributed by atoms with Crippen LogP contribution in [0.4, 0.5) is 0 Å². The zero-order valence-corrected chi connectivity index (χ0v) is 23.1. The molecule has 0 unspecified atom stereocenters. The maximum atomic E-state index is 7.71. The van der Waals surface area contributed by atoms with Gasteiger partial charge in [-0.15, -0.1) is 0 Å². The normalized spacial score (nSPS) is 24.9. The quantitative estimate of drug-likeness (QED) is 0.523. The second-order valence-electron chi connectivity index (χ2n) is 10.5. The maximum Gasteiger partial charge on any atom is 0.0657 e. The number of benzene rings is 2. The zero-order chi connectivity index (χ0) is 20.5. The van der Waals surface area contributed by atoms with Crippen LogP contribution in [0.25, 0.3) is 11.1 Å². The summed E-state index contributed by atoms with van der Waals surface area (Å²) in [5.74, 6) is 0. The highest BCUT2D eigenvalue weighted by Gasteiger charge is 2.77. The van der Waals surface area contributed by atoms with Crippen molar-refractivity contribution in [2.75, 3.05) is 0 Å². The molecule has 0 amide bonds. The Morgan fingerprint density at radius 3 is 1.35 bits per heavy atom. The summed E-state index contributed by atoms with van der Waals surface area (Å²) in [6.45, 7) is 25.1. The maximum absolute atomic E-state index is 7.71. The van der Waals surface area contributed by atoms with E-state index in [2.05, 4.69) is 95.3 Å². The number of hydrogen-bond acceptors (Lipinski definition) is 0. The van der Waals surface area contributed by atoms with E-state index in [1.165, 1.54) is 11.1 Å². The number of rotatable bonds is 2. The van der Waals surface area contributed by atoms with E-state index < -0.39 is 35.5 Å². The Labute approximate surface area is 166 Å². The Morgan fingerprint density at radius 1 is 0.538 bits per heavy atom. The predicted octanol–water partition coefficient (Wildman–Crippen LogP) is 5.88. The molecule has 1 heterocycles. The molecular formula is C21H36Si5. The van der Waals surface area contributed by atoms with Crippen molar-refractivity contribution in [1.29, 1.82) is 0 Å². The molecule has 1 aliphatic rings. The first-order chi connectivity index (χ1) is 12.2. The minimum absolute atomic E-state index is 0.584. The first-order valence-electron chi connectivity index (χ1n) is 10.4. The van der Waals surface area contributed by atoms with Crippen LogP contribution < -0.4 is 5.19 Å². The molecular weight excluding hydrogens is 393 g/mol. The van der Waals surface area contributed by atoms with E-state index in [0.717, 1.165) is 0 Å². The minimum Gasteiger partial charge on any atom is -0.0735 e. The lowest BCUT2D eigenvalue weighted by molar-refractivity contribution is 1.63. The first-order valence-corrected chi connectivity index (χ1v) is 29.4. The lowest BCUT2D eigenvalue weighted by Gasteiger charge is -2.47. The Kier molecular flexibility index (Phi) is 4.36. The molecule has 1 saturated heterocycles. The molecule has 0 N–H and O–H groups in total. The lowest BCUT2D eigenvalue weighted by atomic mass is 10.1. The molecule has 1 fully saturated rings. The summed E-state index contributed by atoms with van der Waals surface area (Å²) in [5, 5.41) is 1.76. The Hall–Kier alpha value is -0.476. The molecule has 140 valence electrons. The molecule has 0 spiro atoms. The van der Waals surface area contributed by atoms with E-state index in [4.69, 9.17) is 1.37 Å². The molecule has 3 rings (SSSR count). The molecule has 0 radical (unpaired) electrons. The smallest absolute Gasteiger partial charge is 0.0657 e. The van der Waals surface area contributed by atoms with Crippen molar-refractivity contribution in [3.05, 3.63) is 54.6 Å². The van der Waals surface area contributed by atoms with E-state index in [9.17, 15) is 0 Å². The third-order valence-electron chi connectivity index (χ3n) is 9.70. The largest absolute Gasteiger partial charge is 0.0735 e. The molecule has 1 aliphatic heterocycles. The molecule has 0 atom stereocenters. The van der Waals surface area contributed by atoms with Crippen LogP contribution >= 0.6 is 0 Å². The van der Waals surface area contributed by atoms with Crippen LogP contribution in [0.5, 0.6) is 0 Å². The van der Waals surface area contributed by atoms with Gasteiger partial charge in [0.25, 0.3) is 0 Å². The van der Waals surface area contributed by atoms with E-state index in [1.807, 2.05) is 12.1 Å². The zero-order valence-electron chi connectivity index (χ0n) is 19.1. The molecule has 0 aliphatic carbocycles. The van der Waals surface area contributed by atoms with Crippen LogP contribution in [-0.2, 0) is 0 Å². The fraction of sp³-hybridized carbons (Fsp3) is 0.429. The minimum atomic E-state index is -1.45. The highest BCUT2D eigenvalue weighted by molar-refractivity contribution is 8.14. The van der Waals surface area contributed by atoms with Crippen molar-refractivity contribution >= 4 is 40.7 Å². The van der Waals surface area contributed by atoms with Crippen LogP contribution in [0.2, 0.25) is 58.9 Å². The molecule has 2 aromatic carbocycles. The van der Waals surface area contributed by atoms with Gasteiger partial charge in [0.2, 0.25) is 0 Å². The van der Waals surface area contributed by atoms with Gasteiger partial charge in [0, 0.05) is 28.4 Å². The second kappa shape index (κ2) is 6.01. The SMILES string of the molecule is [2H]c1ccc(-c2ccc([Si]3(C)[Si](C)(C)[Si](C)(C)[Si](C)(C)[Si]3(C)C)cc2)cc1. The fourth-order valence-corrected chi connectivity index (χ4v) is 207. The highest BCUT2D eigenvalue weighted by atomic mass is 30.2. The third-order valence-corrected chi connectivity index (χ3v) is 136. The van der Waals surface area contributed by atoms with Crippen molar-refractivity contribution in [2.45, 2.75) is 58.9 Å². The fourth-order valence-electron chi connectivity index (χ4n) is 5.89. The summed E-state index contributed by atoms with van der Waals surface area (Å²) in [4.78, 5) is 0. The lowest BCUT2D eigenvalue weighted by Crippen LogP contribution is -2.77. The van der Waals surface area contributed by atoms with Crippen LogP contribution in [0, 0.1) is 0 Å². The highest BCUT2D eigenvalue weighted by Crippen LogP contribution is 2.51. The van der Waals surface area contributed by atoms with Crippen molar-refractivity contribution < 1.29 is 1.37 Å². The first kappa shape index (κ1) is 18.9. The van der Waals surface area contributed by atoms with Crippen LogP contribution in [0.1, 0.15) is 1.37 Å². The van der Waals surface area contributed by atoms with E-state index in [1.54, 1.807) is 5.19 Å². The molecule has 26 heavy (non-hydrogen) atoms. The summed E-state index contributed by atoms with van der Waals surface area (Å²) in [6.07, 6.45) is 0. The van der Waals surface area contributed by atoms with Crippen molar-refractivity contribution in [1.82, 2.24) is 0 Å². The van der Waals surface area contributed by atoms with Gasteiger partial charge in [-0.3, -0.25) is 0 Å². The summed E-state index contributed by atoms with van der Waals surface area (Å²) in [6, 6.07) is 18.3. The standard InChI is InChI=1S/C21H36Si5/c1-22(2)23(3,4)25(7,8)26(9,24(22,5)6)21-17-15-20(16-18-21)19-13-11-10-12-14-19/h10-18H,1-9H3/i10D. The Balaban J connectivity index is 2.13. The predicted molar refractivity (Wildman–Crippen MR) is 133 cm³/mol. The third kappa shape index (κ3) is 2.27. The monoisotopic (exact) mass is 429 g/mol. The van der Waals surface area contributed by atoms with Gasteiger partial charge in [0.1, 0.15) is 0 Å². The van der Waals surface area contributed by atoms with Gasteiger partial charge in [0.15, 0.2) is 0 Å². The topological polar surface area (TPSA) is 0 Å². The molecule has 2 aromatic rings. The summed E-state index contributed by atoms with van der Waals surface area (Å²) in [5.41, 5.74) is 2.52. The van der Waals surface area contributed by atoms with Crippen molar-refractivity contribution in [3.8, 4) is 11.1 Å². The van der Waals surface area contributed by atoms with E-state index >= 15 is 0 Å². The van der Waals surface area contributed by atoms with Gasteiger partial charge in [-0.2, -0.15) is 0 Å². The molecule has 0 aromatic heterocycles. The van der Waals surface area contributed by atoms with Gasteiger partial charge in [-0.05, 0) is 11.1 Å². The van der Waals surface area contributed by atoms with Gasteiger partial charge in [-0.1, -0.05) is 119 Å².